The average Bonchev–Trinajstić information content (AvgIpc) is 2.69. The highest BCUT2D eigenvalue weighted by atomic mass is 32.2. The zero-order valence-electron chi connectivity index (χ0n) is 10.1. The molecule has 0 bridgehead atoms. The fourth-order valence-corrected chi connectivity index (χ4v) is 2.19. The van der Waals surface area contributed by atoms with Gasteiger partial charge in [0.25, 0.3) is 0 Å². The van der Waals surface area contributed by atoms with E-state index in [1.54, 1.807) is 11.8 Å². The van der Waals surface area contributed by atoms with Crippen LogP contribution >= 0.6 is 11.8 Å². The maximum atomic E-state index is 5.67. The number of nitrogens with zero attached hydrogens (tertiary/aromatic N) is 2. The van der Waals surface area contributed by atoms with Crippen molar-refractivity contribution in [2.45, 2.75) is 51.3 Å². The van der Waals surface area contributed by atoms with Crippen molar-refractivity contribution in [2.24, 2.45) is 5.73 Å². The number of unbranched alkanes of at least 4 members (excludes halogenated alkanes) is 1. The summed E-state index contributed by atoms with van der Waals surface area (Å²) in [6.07, 6.45) is 4.23. The number of hydrogen-bond acceptors (Lipinski definition) is 5. The van der Waals surface area contributed by atoms with E-state index in [0.29, 0.717) is 0 Å². The van der Waals surface area contributed by atoms with E-state index < -0.39 is 0 Å². The highest BCUT2D eigenvalue weighted by Crippen LogP contribution is 2.12. The second-order valence-electron chi connectivity index (χ2n) is 4.03. The van der Waals surface area contributed by atoms with Crippen molar-refractivity contribution in [3.63, 3.8) is 0 Å². The van der Waals surface area contributed by atoms with Gasteiger partial charge in [-0.1, -0.05) is 18.5 Å². The van der Waals surface area contributed by atoms with Gasteiger partial charge in [0.1, 0.15) is 0 Å². The molecule has 5 heteroatoms. The first kappa shape index (κ1) is 13.5. The summed E-state index contributed by atoms with van der Waals surface area (Å²) in [6.45, 7) is 4.18. The van der Waals surface area contributed by atoms with Crippen LogP contribution in [0.3, 0.4) is 0 Å². The van der Waals surface area contributed by atoms with Gasteiger partial charge in [0.15, 0.2) is 5.82 Å². The van der Waals surface area contributed by atoms with Gasteiger partial charge >= 0.3 is 0 Å². The molecule has 0 saturated heterocycles. The number of thioether (sulfide) groups is 1. The molecule has 1 atom stereocenters. The zero-order valence-corrected chi connectivity index (χ0v) is 10.9. The van der Waals surface area contributed by atoms with Gasteiger partial charge in [-0.2, -0.15) is 16.7 Å². The van der Waals surface area contributed by atoms with Crippen LogP contribution in [0, 0.1) is 0 Å². The topological polar surface area (TPSA) is 64.9 Å². The first-order chi connectivity index (χ1) is 7.72. The summed E-state index contributed by atoms with van der Waals surface area (Å²) < 4.78 is 5.16. The molecule has 0 aliphatic carbocycles. The Labute approximate surface area is 101 Å². The third-order valence-electron chi connectivity index (χ3n) is 2.21. The van der Waals surface area contributed by atoms with Crippen molar-refractivity contribution in [2.75, 3.05) is 5.75 Å². The van der Waals surface area contributed by atoms with Crippen LogP contribution in [0.1, 0.15) is 44.8 Å². The maximum Gasteiger partial charge on any atom is 0.236 e. The van der Waals surface area contributed by atoms with E-state index in [4.69, 9.17) is 10.3 Å². The monoisotopic (exact) mass is 243 g/mol. The van der Waals surface area contributed by atoms with Crippen LogP contribution in [0.25, 0.3) is 0 Å². The molecule has 0 aliphatic heterocycles. The van der Waals surface area contributed by atoms with Crippen molar-refractivity contribution < 1.29 is 4.52 Å². The van der Waals surface area contributed by atoms with E-state index in [0.717, 1.165) is 48.9 Å². The second-order valence-corrected chi connectivity index (χ2v) is 5.13. The highest BCUT2D eigenvalue weighted by molar-refractivity contribution is 7.98. The minimum Gasteiger partial charge on any atom is -0.338 e. The first-order valence-electron chi connectivity index (χ1n) is 5.87. The van der Waals surface area contributed by atoms with Crippen molar-refractivity contribution in [1.82, 2.24) is 10.1 Å². The lowest BCUT2D eigenvalue weighted by molar-refractivity contribution is 0.384. The number of hydrogen-bond donors (Lipinski definition) is 1. The Morgan fingerprint density at radius 2 is 2.31 bits per heavy atom. The van der Waals surface area contributed by atoms with Crippen LogP contribution in [0.15, 0.2) is 4.52 Å². The molecule has 0 amide bonds. The molecule has 1 unspecified atom stereocenters. The molecule has 4 nitrogen and oxygen atoms in total. The SMILES string of the molecule is CCCCc1noc(CSCCC(C)N)n1. The predicted octanol–water partition coefficient (Wildman–Crippen LogP) is 2.38. The van der Waals surface area contributed by atoms with Gasteiger partial charge in [0, 0.05) is 12.5 Å². The summed E-state index contributed by atoms with van der Waals surface area (Å²) in [6, 6.07) is 0.273. The molecule has 0 radical (unpaired) electrons. The fourth-order valence-electron chi connectivity index (χ4n) is 1.21. The Bertz CT molecular complexity index is 289. The predicted molar refractivity (Wildman–Crippen MR) is 67.3 cm³/mol. The summed E-state index contributed by atoms with van der Waals surface area (Å²) >= 11 is 1.80. The number of aryl methyl sites for hydroxylation is 1. The summed E-state index contributed by atoms with van der Waals surface area (Å²) in [5.41, 5.74) is 5.67. The Kier molecular flexibility index (Phi) is 6.49. The van der Waals surface area contributed by atoms with E-state index in [9.17, 15) is 0 Å². The minimum atomic E-state index is 0.273. The van der Waals surface area contributed by atoms with Crippen molar-refractivity contribution in [1.29, 1.82) is 0 Å². The Morgan fingerprint density at radius 3 is 3.00 bits per heavy atom. The van der Waals surface area contributed by atoms with Gasteiger partial charge in [-0.15, -0.1) is 0 Å². The van der Waals surface area contributed by atoms with E-state index in [1.165, 1.54) is 0 Å². The quantitative estimate of drug-likeness (QED) is 0.710. The third-order valence-corrected chi connectivity index (χ3v) is 3.18. The number of rotatable bonds is 8. The van der Waals surface area contributed by atoms with Crippen LogP contribution in [-0.2, 0) is 12.2 Å². The molecule has 1 aromatic rings. The number of nitrogens with two attached hydrogens (primary N) is 1. The second kappa shape index (κ2) is 7.68. The lowest BCUT2D eigenvalue weighted by Crippen LogP contribution is -2.15. The van der Waals surface area contributed by atoms with Crippen LogP contribution in [0.5, 0.6) is 0 Å². The first-order valence-corrected chi connectivity index (χ1v) is 7.02. The third kappa shape index (κ3) is 5.51. The number of aromatic nitrogens is 2. The molecule has 0 saturated carbocycles. The van der Waals surface area contributed by atoms with Gasteiger partial charge in [0.2, 0.25) is 5.89 Å². The lowest BCUT2D eigenvalue weighted by atomic mass is 10.2. The van der Waals surface area contributed by atoms with Gasteiger partial charge in [0.05, 0.1) is 5.75 Å². The summed E-state index contributed by atoms with van der Waals surface area (Å²) in [7, 11) is 0. The molecular weight excluding hydrogens is 222 g/mol. The van der Waals surface area contributed by atoms with Gasteiger partial charge in [-0.25, -0.2) is 0 Å². The average molecular weight is 243 g/mol. The zero-order chi connectivity index (χ0) is 11.8. The standard InChI is InChI=1S/C11H21N3OS/c1-3-4-5-10-13-11(15-14-10)8-16-7-6-9(2)12/h9H,3-8,12H2,1-2H3. The van der Waals surface area contributed by atoms with Gasteiger partial charge in [-0.3, -0.25) is 0 Å². The van der Waals surface area contributed by atoms with Crippen LogP contribution in [0.2, 0.25) is 0 Å². The molecule has 2 N–H and O–H groups in total. The summed E-state index contributed by atoms with van der Waals surface area (Å²) in [5.74, 6) is 3.42. The minimum absolute atomic E-state index is 0.273. The molecule has 1 heterocycles. The lowest BCUT2D eigenvalue weighted by Gasteiger charge is -2.01. The highest BCUT2D eigenvalue weighted by Gasteiger charge is 2.05. The van der Waals surface area contributed by atoms with Crippen LogP contribution in [-0.4, -0.2) is 21.9 Å². The van der Waals surface area contributed by atoms with Gasteiger partial charge in [-0.05, 0) is 25.5 Å². The summed E-state index contributed by atoms with van der Waals surface area (Å²) in [4.78, 5) is 4.33. The Morgan fingerprint density at radius 1 is 1.50 bits per heavy atom. The van der Waals surface area contributed by atoms with E-state index in [2.05, 4.69) is 17.1 Å². The molecule has 0 spiro atoms. The molecule has 0 aliphatic rings. The smallest absolute Gasteiger partial charge is 0.236 e. The molecule has 92 valence electrons. The fraction of sp³-hybridized carbons (Fsp3) is 0.818. The van der Waals surface area contributed by atoms with Crippen LogP contribution in [0.4, 0.5) is 0 Å². The van der Waals surface area contributed by atoms with Crippen LogP contribution < -0.4 is 5.73 Å². The Balaban J connectivity index is 2.19. The van der Waals surface area contributed by atoms with E-state index in [-0.39, 0.29) is 6.04 Å². The molecule has 0 fully saturated rings. The molecule has 0 aromatic carbocycles. The summed E-state index contributed by atoms with van der Waals surface area (Å²) in [5, 5.41) is 3.94. The molecular formula is C11H21N3OS. The molecule has 1 rings (SSSR count). The van der Waals surface area contributed by atoms with Crippen molar-refractivity contribution >= 4 is 11.8 Å². The van der Waals surface area contributed by atoms with E-state index >= 15 is 0 Å². The van der Waals surface area contributed by atoms with Gasteiger partial charge < -0.3 is 10.3 Å². The van der Waals surface area contributed by atoms with E-state index in [1.807, 2.05) is 6.92 Å². The largest absolute Gasteiger partial charge is 0.338 e. The molecule has 1 aromatic heterocycles. The Hall–Kier alpha value is -0.550. The van der Waals surface area contributed by atoms with Crippen molar-refractivity contribution in [3.8, 4) is 0 Å². The maximum absolute atomic E-state index is 5.67. The normalized spacial score (nSPS) is 12.9. The molecule has 16 heavy (non-hydrogen) atoms. The van der Waals surface area contributed by atoms with Crippen molar-refractivity contribution in [3.05, 3.63) is 11.7 Å².